The number of nitrogens with one attached hydrogen (secondary N) is 2. The topological polar surface area (TPSA) is 118 Å². The monoisotopic (exact) mass is 370 g/mol. The second kappa shape index (κ2) is 7.16. The van der Waals surface area contributed by atoms with Crippen LogP contribution in [0.1, 0.15) is 10.4 Å². The fourth-order valence-corrected chi connectivity index (χ4v) is 2.37. The van der Waals surface area contributed by atoms with Gasteiger partial charge in [-0.15, -0.1) is 0 Å². The van der Waals surface area contributed by atoms with Crippen LogP contribution in [0.2, 0.25) is 5.02 Å². The maximum absolute atomic E-state index is 12.3. The number of benzene rings is 2. The summed E-state index contributed by atoms with van der Waals surface area (Å²) in [6.07, 6.45) is 1.12. The summed E-state index contributed by atoms with van der Waals surface area (Å²) in [4.78, 5) is 41.5. The summed E-state index contributed by atoms with van der Waals surface area (Å²) in [5, 5.41) is 13.9. The van der Waals surface area contributed by atoms with E-state index in [0.717, 1.165) is 6.20 Å². The molecule has 0 bridgehead atoms. The van der Waals surface area contributed by atoms with Crippen LogP contribution in [0.4, 0.5) is 11.4 Å². The molecule has 0 unspecified atom stereocenters. The molecule has 0 saturated heterocycles. The predicted molar refractivity (Wildman–Crippen MR) is 96.4 cm³/mol. The number of hydrogen-bond acceptors (Lipinski definition) is 5. The molecule has 1 aromatic heterocycles. The summed E-state index contributed by atoms with van der Waals surface area (Å²) >= 11 is 5.82. The molecule has 3 aromatic rings. The Morgan fingerprint density at radius 3 is 2.50 bits per heavy atom. The van der Waals surface area contributed by atoms with Crippen molar-refractivity contribution in [2.45, 2.75) is 0 Å². The van der Waals surface area contributed by atoms with E-state index >= 15 is 0 Å². The third kappa shape index (κ3) is 3.60. The van der Waals surface area contributed by atoms with Gasteiger partial charge in [0.05, 0.1) is 4.92 Å². The van der Waals surface area contributed by atoms with Gasteiger partial charge >= 0.3 is 0 Å². The van der Waals surface area contributed by atoms with E-state index in [9.17, 15) is 19.7 Å². The Morgan fingerprint density at radius 2 is 1.85 bits per heavy atom. The normalized spacial score (nSPS) is 10.3. The van der Waals surface area contributed by atoms with Crippen LogP contribution in [0.25, 0.3) is 11.4 Å². The summed E-state index contributed by atoms with van der Waals surface area (Å²) in [5.41, 5.74) is -0.592. The Hall–Kier alpha value is -3.52. The van der Waals surface area contributed by atoms with E-state index in [0.29, 0.717) is 10.6 Å². The third-order valence-electron chi connectivity index (χ3n) is 3.51. The zero-order chi connectivity index (χ0) is 18.7. The zero-order valence-electron chi connectivity index (χ0n) is 13.1. The van der Waals surface area contributed by atoms with E-state index in [1.165, 1.54) is 24.3 Å². The van der Waals surface area contributed by atoms with Crippen molar-refractivity contribution in [2.75, 3.05) is 5.32 Å². The number of halogens is 1. The average Bonchev–Trinajstić information content (AvgIpc) is 2.62. The first kappa shape index (κ1) is 17.3. The van der Waals surface area contributed by atoms with Crippen molar-refractivity contribution >= 4 is 28.9 Å². The Morgan fingerprint density at radius 1 is 1.15 bits per heavy atom. The minimum atomic E-state index is -0.796. The zero-order valence-corrected chi connectivity index (χ0v) is 13.9. The molecule has 2 aromatic carbocycles. The van der Waals surface area contributed by atoms with Crippen LogP contribution in [0.5, 0.6) is 0 Å². The molecule has 0 atom stereocenters. The molecule has 0 aliphatic heterocycles. The second-order valence-electron chi connectivity index (χ2n) is 5.21. The molecule has 2 N–H and O–H groups in total. The van der Waals surface area contributed by atoms with Crippen LogP contribution < -0.4 is 10.9 Å². The van der Waals surface area contributed by atoms with Gasteiger partial charge in [0.2, 0.25) is 0 Å². The number of aromatic nitrogens is 2. The molecule has 0 spiro atoms. The SMILES string of the molecule is O=C(Nc1ccccc1[N+](=O)[O-])c1cnc(-c2ccc(Cl)cc2)[nH]c1=O. The molecule has 3 rings (SSSR count). The molecule has 1 amide bonds. The van der Waals surface area contributed by atoms with E-state index in [-0.39, 0.29) is 22.8 Å². The molecule has 130 valence electrons. The number of carbonyl (C=O) groups excluding carboxylic acids is 1. The van der Waals surface area contributed by atoms with Gasteiger partial charge in [0.25, 0.3) is 17.2 Å². The van der Waals surface area contributed by atoms with Gasteiger partial charge in [-0.3, -0.25) is 19.7 Å². The van der Waals surface area contributed by atoms with Gasteiger partial charge in [-0.05, 0) is 30.3 Å². The smallest absolute Gasteiger partial charge is 0.292 e. The fraction of sp³-hybridized carbons (Fsp3) is 0. The number of amides is 1. The number of nitro groups is 1. The Balaban J connectivity index is 1.88. The molecule has 1 heterocycles. The lowest BCUT2D eigenvalue weighted by molar-refractivity contribution is -0.383. The average molecular weight is 371 g/mol. The minimum Gasteiger partial charge on any atom is -0.316 e. The molecule has 0 saturated carbocycles. The first-order valence-electron chi connectivity index (χ1n) is 7.36. The molecular formula is C17H11ClN4O4. The van der Waals surface area contributed by atoms with Crippen LogP contribution in [-0.2, 0) is 0 Å². The number of carbonyl (C=O) groups is 1. The molecule has 0 fully saturated rings. The van der Waals surface area contributed by atoms with Crippen molar-refractivity contribution in [3.05, 3.63) is 85.8 Å². The first-order chi connectivity index (χ1) is 12.5. The highest BCUT2D eigenvalue weighted by molar-refractivity contribution is 6.30. The van der Waals surface area contributed by atoms with Crippen molar-refractivity contribution < 1.29 is 9.72 Å². The highest BCUT2D eigenvalue weighted by Crippen LogP contribution is 2.23. The minimum absolute atomic E-state index is 0.0105. The van der Waals surface area contributed by atoms with E-state index in [1.807, 2.05) is 0 Å². The molecule has 26 heavy (non-hydrogen) atoms. The van der Waals surface area contributed by atoms with Crippen LogP contribution >= 0.6 is 11.6 Å². The first-order valence-corrected chi connectivity index (χ1v) is 7.73. The lowest BCUT2D eigenvalue weighted by atomic mass is 10.2. The highest BCUT2D eigenvalue weighted by atomic mass is 35.5. The number of nitro benzene ring substituents is 1. The quantitative estimate of drug-likeness (QED) is 0.539. The van der Waals surface area contributed by atoms with Crippen molar-refractivity contribution in [2.24, 2.45) is 0 Å². The van der Waals surface area contributed by atoms with Crippen LogP contribution in [0, 0.1) is 10.1 Å². The summed E-state index contributed by atoms with van der Waals surface area (Å²) in [6.45, 7) is 0. The molecule has 0 aliphatic carbocycles. The fourth-order valence-electron chi connectivity index (χ4n) is 2.24. The van der Waals surface area contributed by atoms with Crippen molar-refractivity contribution in [1.29, 1.82) is 0 Å². The standard InChI is InChI=1S/C17H11ClN4O4/c18-11-7-5-10(6-8-11)15-19-9-12(17(24)21-15)16(23)20-13-3-1-2-4-14(13)22(25)26/h1-9H,(H,20,23)(H,19,21,24). The van der Waals surface area contributed by atoms with Gasteiger partial charge in [-0.2, -0.15) is 0 Å². The van der Waals surface area contributed by atoms with Gasteiger partial charge < -0.3 is 10.3 Å². The van der Waals surface area contributed by atoms with Gasteiger partial charge in [0.15, 0.2) is 0 Å². The number of aromatic amines is 1. The molecule has 8 nitrogen and oxygen atoms in total. The lowest BCUT2D eigenvalue weighted by Gasteiger charge is -2.06. The van der Waals surface area contributed by atoms with Crippen LogP contribution in [0.15, 0.2) is 59.5 Å². The number of nitrogens with zero attached hydrogens (tertiary/aromatic N) is 2. The molecular weight excluding hydrogens is 360 g/mol. The summed E-state index contributed by atoms with van der Waals surface area (Å²) in [5.74, 6) is -0.524. The van der Waals surface area contributed by atoms with Gasteiger partial charge in [-0.25, -0.2) is 4.98 Å². The molecule has 9 heteroatoms. The number of H-pyrrole nitrogens is 1. The van der Waals surface area contributed by atoms with Gasteiger partial charge in [-0.1, -0.05) is 23.7 Å². The summed E-state index contributed by atoms with van der Waals surface area (Å²) in [6, 6.07) is 12.3. The highest BCUT2D eigenvalue weighted by Gasteiger charge is 2.18. The summed E-state index contributed by atoms with van der Waals surface area (Å²) < 4.78 is 0. The molecule has 0 radical (unpaired) electrons. The lowest BCUT2D eigenvalue weighted by Crippen LogP contribution is -2.24. The maximum atomic E-state index is 12.3. The Bertz CT molecular complexity index is 1050. The number of hydrogen-bond donors (Lipinski definition) is 2. The van der Waals surface area contributed by atoms with Crippen molar-refractivity contribution in [1.82, 2.24) is 9.97 Å². The Kier molecular flexibility index (Phi) is 4.76. The molecule has 0 aliphatic rings. The van der Waals surface area contributed by atoms with Crippen LogP contribution in [0.3, 0.4) is 0 Å². The van der Waals surface area contributed by atoms with Crippen molar-refractivity contribution in [3.8, 4) is 11.4 Å². The number of anilines is 1. The van der Waals surface area contributed by atoms with Gasteiger partial charge in [0, 0.05) is 22.8 Å². The third-order valence-corrected chi connectivity index (χ3v) is 3.76. The van der Waals surface area contributed by atoms with E-state index < -0.39 is 16.4 Å². The maximum Gasteiger partial charge on any atom is 0.292 e. The second-order valence-corrected chi connectivity index (χ2v) is 5.65. The summed E-state index contributed by atoms with van der Waals surface area (Å²) in [7, 11) is 0. The predicted octanol–water partition coefficient (Wildman–Crippen LogP) is 3.25. The van der Waals surface area contributed by atoms with E-state index in [2.05, 4.69) is 15.3 Å². The van der Waals surface area contributed by atoms with Gasteiger partial charge in [0.1, 0.15) is 17.1 Å². The largest absolute Gasteiger partial charge is 0.316 e. The van der Waals surface area contributed by atoms with Crippen molar-refractivity contribution in [3.63, 3.8) is 0 Å². The van der Waals surface area contributed by atoms with E-state index in [4.69, 9.17) is 11.6 Å². The Labute approximate surface area is 151 Å². The van der Waals surface area contributed by atoms with E-state index in [1.54, 1.807) is 24.3 Å². The number of rotatable bonds is 4. The van der Waals surface area contributed by atoms with Crippen LogP contribution in [-0.4, -0.2) is 20.8 Å². The number of para-hydroxylation sites is 2.